The monoisotopic (exact) mass is 901 g/mol. The van der Waals surface area contributed by atoms with Crippen molar-refractivity contribution in [1.82, 2.24) is 0 Å². The fourth-order valence-corrected chi connectivity index (χ4v) is 6.90. The number of rotatable bonds is 46. The van der Waals surface area contributed by atoms with E-state index < -0.39 is 12.1 Å². The fourth-order valence-electron chi connectivity index (χ4n) is 6.90. The lowest BCUT2D eigenvalue weighted by molar-refractivity contribution is -0.166. The van der Waals surface area contributed by atoms with Gasteiger partial charge in [0.2, 0.25) is 0 Å². The zero-order valence-electron chi connectivity index (χ0n) is 42.0. The third kappa shape index (κ3) is 50.9. The van der Waals surface area contributed by atoms with E-state index in [2.05, 4.69) is 118 Å². The van der Waals surface area contributed by atoms with Crippen LogP contribution >= 0.6 is 0 Å². The number of carbonyl (C=O) groups is 3. The van der Waals surface area contributed by atoms with Gasteiger partial charge < -0.3 is 14.2 Å². The van der Waals surface area contributed by atoms with Crippen LogP contribution in [-0.2, 0) is 28.6 Å². The molecular weight excluding hydrogens is 805 g/mol. The molecule has 0 amide bonds. The van der Waals surface area contributed by atoms with Gasteiger partial charge in [0, 0.05) is 19.3 Å². The van der Waals surface area contributed by atoms with E-state index in [1.165, 1.54) is 70.6 Å². The Hall–Kier alpha value is -3.93. The van der Waals surface area contributed by atoms with E-state index in [1.54, 1.807) is 0 Å². The van der Waals surface area contributed by atoms with Gasteiger partial charge in [0.15, 0.2) is 6.10 Å². The lowest BCUT2D eigenvalue weighted by atomic mass is 10.1. The second-order valence-corrected chi connectivity index (χ2v) is 17.1. The molecule has 0 aliphatic heterocycles. The molecule has 65 heavy (non-hydrogen) atoms. The minimum atomic E-state index is -0.831. The Bertz CT molecular complexity index is 1360. The maximum absolute atomic E-state index is 12.8. The van der Waals surface area contributed by atoms with Gasteiger partial charge in [0.1, 0.15) is 13.2 Å². The van der Waals surface area contributed by atoms with Crippen molar-refractivity contribution in [3.8, 4) is 0 Å². The molecule has 0 N–H and O–H groups in total. The third-order valence-corrected chi connectivity index (χ3v) is 10.8. The van der Waals surface area contributed by atoms with Crippen LogP contribution in [0.15, 0.2) is 109 Å². The number of carbonyl (C=O) groups excluding carboxylic acids is 3. The van der Waals surface area contributed by atoms with E-state index in [-0.39, 0.29) is 31.6 Å². The van der Waals surface area contributed by atoms with Crippen LogP contribution < -0.4 is 0 Å². The molecule has 0 aromatic rings. The average Bonchev–Trinajstić information content (AvgIpc) is 3.30. The first kappa shape index (κ1) is 61.1. The van der Waals surface area contributed by atoms with E-state index in [9.17, 15) is 14.4 Å². The summed E-state index contributed by atoms with van der Waals surface area (Å²) in [6.45, 7) is 6.30. The predicted molar refractivity (Wildman–Crippen MR) is 279 cm³/mol. The summed E-state index contributed by atoms with van der Waals surface area (Å²) in [6.07, 6.45) is 70.9. The largest absolute Gasteiger partial charge is 0.462 e. The van der Waals surface area contributed by atoms with E-state index >= 15 is 0 Å². The molecule has 0 radical (unpaired) electrons. The highest BCUT2D eigenvalue weighted by atomic mass is 16.6. The molecule has 6 nitrogen and oxygen atoms in total. The topological polar surface area (TPSA) is 78.9 Å². The van der Waals surface area contributed by atoms with Crippen LogP contribution in [0.4, 0.5) is 0 Å². The molecule has 0 bridgehead atoms. The summed E-state index contributed by atoms with van der Waals surface area (Å²) in [6, 6.07) is 0. The zero-order valence-corrected chi connectivity index (χ0v) is 42.0. The Balaban J connectivity index is 4.52. The molecule has 6 heteroatoms. The fraction of sp³-hybridized carbons (Fsp3) is 0.644. The lowest BCUT2D eigenvalue weighted by Crippen LogP contribution is -2.30. The van der Waals surface area contributed by atoms with Crippen molar-refractivity contribution >= 4 is 17.9 Å². The predicted octanol–water partition coefficient (Wildman–Crippen LogP) is 17.5. The minimum absolute atomic E-state index is 0.120. The van der Waals surface area contributed by atoms with Crippen molar-refractivity contribution in [2.24, 2.45) is 0 Å². The molecule has 0 aliphatic carbocycles. The van der Waals surface area contributed by atoms with Gasteiger partial charge in [0.05, 0.1) is 0 Å². The summed E-state index contributed by atoms with van der Waals surface area (Å²) >= 11 is 0. The Morgan fingerprint density at radius 2 is 0.708 bits per heavy atom. The summed E-state index contributed by atoms with van der Waals surface area (Å²) in [5, 5.41) is 0. The van der Waals surface area contributed by atoms with Crippen molar-refractivity contribution in [3.05, 3.63) is 109 Å². The van der Waals surface area contributed by atoms with Gasteiger partial charge in [-0.2, -0.15) is 0 Å². The van der Waals surface area contributed by atoms with Gasteiger partial charge in [-0.3, -0.25) is 14.4 Å². The van der Waals surface area contributed by atoms with Gasteiger partial charge >= 0.3 is 17.9 Å². The third-order valence-electron chi connectivity index (χ3n) is 10.8. The molecule has 368 valence electrons. The van der Waals surface area contributed by atoms with Crippen molar-refractivity contribution < 1.29 is 28.6 Å². The number of allylic oxidation sites excluding steroid dienone is 18. The molecule has 0 aromatic heterocycles. The van der Waals surface area contributed by atoms with Crippen molar-refractivity contribution in [1.29, 1.82) is 0 Å². The van der Waals surface area contributed by atoms with E-state index in [0.29, 0.717) is 19.3 Å². The van der Waals surface area contributed by atoms with Crippen LogP contribution in [0.5, 0.6) is 0 Å². The highest BCUT2D eigenvalue weighted by molar-refractivity contribution is 5.71. The quantitative estimate of drug-likeness (QED) is 0.0199. The summed E-state index contributed by atoms with van der Waals surface area (Å²) in [5.74, 6) is -1.04. The summed E-state index contributed by atoms with van der Waals surface area (Å²) in [4.78, 5) is 38.0. The Labute approximate surface area is 400 Å². The first-order valence-corrected chi connectivity index (χ1v) is 26.4. The molecule has 0 aliphatic rings. The Kier molecular flexibility index (Phi) is 49.5. The number of hydrogen-bond donors (Lipinski definition) is 0. The molecule has 0 fully saturated rings. The van der Waals surface area contributed by atoms with E-state index in [4.69, 9.17) is 14.2 Å². The Morgan fingerprint density at radius 1 is 0.338 bits per heavy atom. The van der Waals surface area contributed by atoms with Gasteiger partial charge in [-0.15, -0.1) is 0 Å². The summed E-state index contributed by atoms with van der Waals surface area (Å²) in [5.41, 5.74) is 0. The van der Waals surface area contributed by atoms with Crippen LogP contribution in [0.1, 0.15) is 226 Å². The highest BCUT2D eigenvalue weighted by Gasteiger charge is 2.19. The van der Waals surface area contributed by atoms with Gasteiger partial charge in [-0.25, -0.2) is 0 Å². The van der Waals surface area contributed by atoms with Crippen molar-refractivity contribution in [2.45, 2.75) is 232 Å². The smallest absolute Gasteiger partial charge is 0.306 e. The number of esters is 3. The van der Waals surface area contributed by atoms with Gasteiger partial charge in [0.25, 0.3) is 0 Å². The maximum atomic E-state index is 12.8. The average molecular weight is 901 g/mol. The summed E-state index contributed by atoms with van der Waals surface area (Å²) < 4.78 is 16.7. The van der Waals surface area contributed by atoms with Gasteiger partial charge in [-0.05, 0) is 96.3 Å². The summed E-state index contributed by atoms with van der Waals surface area (Å²) in [7, 11) is 0. The van der Waals surface area contributed by atoms with Gasteiger partial charge in [-0.1, -0.05) is 220 Å². The molecular formula is C59H96O6. The normalized spacial score (nSPS) is 13.0. The first-order chi connectivity index (χ1) is 32.0. The van der Waals surface area contributed by atoms with Crippen LogP contribution in [-0.4, -0.2) is 37.2 Å². The second-order valence-electron chi connectivity index (χ2n) is 17.1. The molecule has 1 atom stereocenters. The van der Waals surface area contributed by atoms with E-state index in [0.717, 1.165) is 109 Å². The van der Waals surface area contributed by atoms with Crippen molar-refractivity contribution in [2.75, 3.05) is 13.2 Å². The molecule has 0 saturated heterocycles. The Morgan fingerprint density at radius 3 is 1.17 bits per heavy atom. The maximum Gasteiger partial charge on any atom is 0.306 e. The molecule has 1 unspecified atom stereocenters. The SMILES string of the molecule is CC/C=C/C=C/C=C/CCCCCCCC(=O)OCC(COC(=O)CCCCCCC/C=C/CCCCCCCCCCC)OC(=O)CC/C=C/C/C=C/C/C=C/C/C=C/C/C=C/CC. The van der Waals surface area contributed by atoms with Crippen LogP contribution in [0, 0.1) is 0 Å². The van der Waals surface area contributed by atoms with Crippen molar-refractivity contribution in [3.63, 3.8) is 0 Å². The van der Waals surface area contributed by atoms with E-state index in [1.807, 2.05) is 12.2 Å². The molecule has 0 spiro atoms. The van der Waals surface area contributed by atoms with Crippen LogP contribution in [0.3, 0.4) is 0 Å². The zero-order chi connectivity index (χ0) is 47.2. The first-order valence-electron chi connectivity index (χ1n) is 26.4. The number of ether oxygens (including phenoxy) is 3. The molecule has 0 rings (SSSR count). The standard InChI is InChI=1S/C59H96O6/c1-4-7-10-13-16-19-22-25-27-29-30-32-34-37-40-43-46-49-52-58(61)64-55-56(54-63-57(60)51-48-45-42-39-36-33-24-21-18-15-12-9-6-3)65-59(62)53-50-47-44-41-38-35-31-28-26-23-20-17-14-11-8-5-2/h8-9,11-12,15,17-18,20-21,24,26,28,30,32,35,38,44,47,56H,4-7,10,13-14,16,19,22-23,25,27,29,31,33-34,36-37,39-43,45-46,48-55H2,1-3H3/b11-8+,12-9+,18-15+,20-17+,24-21+,28-26+,32-30+,38-35+,47-44+. The number of hydrogen-bond acceptors (Lipinski definition) is 6. The highest BCUT2D eigenvalue weighted by Crippen LogP contribution is 2.13. The van der Waals surface area contributed by atoms with Crippen LogP contribution in [0.25, 0.3) is 0 Å². The second kappa shape index (κ2) is 52.7. The minimum Gasteiger partial charge on any atom is -0.462 e. The number of unbranched alkanes of at least 4 members (excludes halogenated alkanes) is 19. The van der Waals surface area contributed by atoms with Crippen LogP contribution in [0.2, 0.25) is 0 Å². The molecule has 0 heterocycles. The molecule has 0 saturated carbocycles. The lowest BCUT2D eigenvalue weighted by Gasteiger charge is -2.18. The molecule has 0 aromatic carbocycles.